The maximum atomic E-state index is 12.8. The van der Waals surface area contributed by atoms with Gasteiger partial charge in [0.15, 0.2) is 0 Å². The first kappa shape index (κ1) is 15.2. The van der Waals surface area contributed by atoms with Crippen molar-refractivity contribution in [2.45, 2.75) is 6.92 Å². The maximum absolute atomic E-state index is 12.8. The van der Waals surface area contributed by atoms with Crippen molar-refractivity contribution in [1.29, 1.82) is 0 Å². The van der Waals surface area contributed by atoms with Crippen LogP contribution in [0.2, 0.25) is 0 Å². The van der Waals surface area contributed by atoms with Crippen molar-refractivity contribution in [3.63, 3.8) is 0 Å². The highest BCUT2D eigenvalue weighted by atomic mass is 32.2. The number of carbonyl (C=O) groups is 3. The zero-order valence-electron chi connectivity index (χ0n) is 11.2. The van der Waals surface area contributed by atoms with Gasteiger partial charge in [-0.05, 0) is 42.5 Å². The average Bonchev–Trinajstić information content (AvgIpc) is 2.69. The van der Waals surface area contributed by atoms with Gasteiger partial charge in [0, 0.05) is 0 Å². The number of rotatable bonds is 4. The Kier molecular flexibility index (Phi) is 4.74. The Hall–Kier alpha value is -2.15. The van der Waals surface area contributed by atoms with Crippen molar-refractivity contribution in [2.24, 2.45) is 0 Å². The third-order valence-corrected chi connectivity index (χ3v) is 3.54. The number of ether oxygens (including phenoxy) is 1. The standard InChI is InChI=1S/C14H12FNO4S/c1-2-20-12(17)8-16-13(18)11(21-14(16)19)7-9-3-5-10(15)6-4-9/h3-7H,2,8H2,1H3/b11-7-. The summed E-state index contributed by atoms with van der Waals surface area (Å²) in [5.74, 6) is -1.58. The van der Waals surface area contributed by atoms with Crippen molar-refractivity contribution in [3.8, 4) is 0 Å². The molecule has 0 radical (unpaired) electrons. The van der Waals surface area contributed by atoms with Gasteiger partial charge in [-0.15, -0.1) is 0 Å². The number of nitrogens with zero attached hydrogens (tertiary/aromatic N) is 1. The smallest absolute Gasteiger partial charge is 0.326 e. The van der Waals surface area contributed by atoms with Crippen LogP contribution in [0.5, 0.6) is 0 Å². The van der Waals surface area contributed by atoms with E-state index in [1.54, 1.807) is 6.92 Å². The molecule has 2 amide bonds. The monoisotopic (exact) mass is 309 g/mol. The van der Waals surface area contributed by atoms with E-state index in [1.807, 2.05) is 0 Å². The van der Waals surface area contributed by atoms with E-state index in [-0.39, 0.29) is 17.3 Å². The van der Waals surface area contributed by atoms with Crippen molar-refractivity contribution in [2.75, 3.05) is 13.2 Å². The molecule has 0 N–H and O–H groups in total. The Morgan fingerprint density at radius 1 is 1.33 bits per heavy atom. The van der Waals surface area contributed by atoms with E-state index in [1.165, 1.54) is 30.3 Å². The molecule has 0 unspecified atom stereocenters. The highest BCUT2D eigenvalue weighted by Crippen LogP contribution is 2.32. The minimum absolute atomic E-state index is 0.181. The Labute approximate surface area is 124 Å². The lowest BCUT2D eigenvalue weighted by atomic mass is 10.2. The Morgan fingerprint density at radius 3 is 2.62 bits per heavy atom. The Morgan fingerprint density at radius 2 is 2.00 bits per heavy atom. The van der Waals surface area contributed by atoms with Gasteiger partial charge in [0.05, 0.1) is 11.5 Å². The fourth-order valence-electron chi connectivity index (χ4n) is 1.68. The molecule has 21 heavy (non-hydrogen) atoms. The SMILES string of the molecule is CCOC(=O)CN1C(=O)S/C(=C\c2ccc(F)cc2)C1=O. The second-order valence-corrected chi connectivity index (χ2v) is 5.12. The summed E-state index contributed by atoms with van der Waals surface area (Å²) in [5, 5.41) is -0.526. The Balaban J connectivity index is 2.13. The van der Waals surface area contributed by atoms with Crippen LogP contribution in [-0.4, -0.2) is 35.2 Å². The molecule has 1 heterocycles. The molecule has 1 fully saturated rings. The van der Waals surface area contributed by atoms with Crippen molar-refractivity contribution < 1.29 is 23.5 Å². The molecule has 0 atom stereocenters. The molecule has 0 bridgehead atoms. The number of benzene rings is 1. The lowest BCUT2D eigenvalue weighted by molar-refractivity contribution is -0.145. The number of esters is 1. The minimum atomic E-state index is -0.636. The van der Waals surface area contributed by atoms with Crippen LogP contribution < -0.4 is 0 Å². The topological polar surface area (TPSA) is 63.7 Å². The van der Waals surface area contributed by atoms with Crippen LogP contribution in [-0.2, 0) is 14.3 Å². The fourth-order valence-corrected chi connectivity index (χ4v) is 2.52. The van der Waals surface area contributed by atoms with Crippen LogP contribution in [0, 0.1) is 5.82 Å². The third kappa shape index (κ3) is 3.69. The van der Waals surface area contributed by atoms with E-state index in [0.717, 1.165) is 16.7 Å². The molecule has 110 valence electrons. The van der Waals surface area contributed by atoms with Gasteiger partial charge in [-0.3, -0.25) is 19.3 Å². The van der Waals surface area contributed by atoms with Gasteiger partial charge in [0.1, 0.15) is 12.4 Å². The van der Waals surface area contributed by atoms with E-state index < -0.39 is 23.7 Å². The van der Waals surface area contributed by atoms with Crippen molar-refractivity contribution in [1.82, 2.24) is 4.90 Å². The van der Waals surface area contributed by atoms with E-state index in [9.17, 15) is 18.8 Å². The van der Waals surface area contributed by atoms with Gasteiger partial charge in [-0.2, -0.15) is 0 Å². The van der Waals surface area contributed by atoms with Gasteiger partial charge in [0.25, 0.3) is 11.1 Å². The zero-order valence-corrected chi connectivity index (χ0v) is 12.0. The molecule has 7 heteroatoms. The van der Waals surface area contributed by atoms with Gasteiger partial charge in [-0.1, -0.05) is 12.1 Å². The lowest BCUT2D eigenvalue weighted by Crippen LogP contribution is -2.34. The molecular weight excluding hydrogens is 297 g/mol. The van der Waals surface area contributed by atoms with Gasteiger partial charge in [0.2, 0.25) is 0 Å². The van der Waals surface area contributed by atoms with Crippen molar-refractivity contribution in [3.05, 3.63) is 40.6 Å². The largest absolute Gasteiger partial charge is 0.465 e. The van der Waals surface area contributed by atoms with Crippen molar-refractivity contribution >= 4 is 35.0 Å². The van der Waals surface area contributed by atoms with Gasteiger partial charge in [-0.25, -0.2) is 4.39 Å². The molecule has 5 nitrogen and oxygen atoms in total. The summed E-state index contributed by atoms with van der Waals surface area (Å²) in [6.45, 7) is 1.42. The van der Waals surface area contributed by atoms with Crippen LogP contribution in [0.4, 0.5) is 9.18 Å². The number of thioether (sulfide) groups is 1. The molecule has 1 aliphatic rings. The third-order valence-electron chi connectivity index (χ3n) is 2.63. The van der Waals surface area contributed by atoms with E-state index in [4.69, 9.17) is 4.74 Å². The molecule has 0 saturated carbocycles. The normalized spacial score (nSPS) is 16.7. The summed E-state index contributed by atoms with van der Waals surface area (Å²) in [6.07, 6.45) is 1.48. The molecule has 1 saturated heterocycles. The molecule has 1 aliphatic heterocycles. The van der Waals surface area contributed by atoms with E-state index >= 15 is 0 Å². The number of hydrogen-bond acceptors (Lipinski definition) is 5. The van der Waals surface area contributed by atoms with Gasteiger partial charge < -0.3 is 4.74 Å². The summed E-state index contributed by atoms with van der Waals surface area (Å²) in [7, 11) is 0. The van der Waals surface area contributed by atoms with Gasteiger partial charge >= 0.3 is 5.97 Å². The zero-order chi connectivity index (χ0) is 15.4. The summed E-state index contributed by atoms with van der Waals surface area (Å²) in [6, 6.07) is 5.51. The van der Waals surface area contributed by atoms with Crippen LogP contribution in [0.15, 0.2) is 29.2 Å². The number of hydrogen-bond donors (Lipinski definition) is 0. The first-order chi connectivity index (χ1) is 10.0. The first-order valence-electron chi connectivity index (χ1n) is 6.18. The molecular formula is C14H12FNO4S. The average molecular weight is 309 g/mol. The van der Waals surface area contributed by atoms with E-state index in [0.29, 0.717) is 5.56 Å². The minimum Gasteiger partial charge on any atom is -0.465 e. The summed E-state index contributed by atoms with van der Waals surface area (Å²) in [5.41, 5.74) is 0.595. The number of halogens is 1. The predicted octanol–water partition coefficient (Wildman–Crippen LogP) is 2.43. The summed E-state index contributed by atoms with van der Waals surface area (Å²) < 4.78 is 17.5. The number of imide groups is 1. The molecule has 1 aromatic carbocycles. The number of amides is 2. The number of carbonyl (C=O) groups excluding carboxylic acids is 3. The van der Waals surface area contributed by atoms with Crippen LogP contribution in [0.25, 0.3) is 6.08 Å². The molecule has 2 rings (SSSR count). The highest BCUT2D eigenvalue weighted by molar-refractivity contribution is 8.18. The fraction of sp³-hybridized carbons (Fsp3) is 0.214. The molecule has 0 aromatic heterocycles. The summed E-state index contributed by atoms with van der Waals surface area (Å²) in [4.78, 5) is 36.2. The van der Waals surface area contributed by atoms with Crippen LogP contribution >= 0.6 is 11.8 Å². The maximum Gasteiger partial charge on any atom is 0.326 e. The Bertz CT molecular complexity index is 612. The molecule has 1 aromatic rings. The summed E-state index contributed by atoms with van der Waals surface area (Å²) >= 11 is 0.738. The predicted molar refractivity (Wildman–Crippen MR) is 75.7 cm³/mol. The second-order valence-electron chi connectivity index (χ2n) is 4.12. The van der Waals surface area contributed by atoms with Crippen LogP contribution in [0.3, 0.4) is 0 Å². The second kappa shape index (κ2) is 6.53. The first-order valence-corrected chi connectivity index (χ1v) is 6.99. The highest BCUT2D eigenvalue weighted by Gasteiger charge is 2.36. The molecule has 0 spiro atoms. The van der Waals surface area contributed by atoms with Crippen LogP contribution in [0.1, 0.15) is 12.5 Å². The quantitative estimate of drug-likeness (QED) is 0.631. The molecule has 0 aliphatic carbocycles. The lowest BCUT2D eigenvalue weighted by Gasteiger charge is -2.10. The van der Waals surface area contributed by atoms with E-state index in [2.05, 4.69) is 0 Å².